The minimum atomic E-state index is 0.0236. The molecule has 1 aromatic rings. The zero-order chi connectivity index (χ0) is 14.9. The van der Waals surface area contributed by atoms with E-state index in [4.69, 9.17) is 4.74 Å². The smallest absolute Gasteiger partial charge is 0.243 e. The van der Waals surface area contributed by atoms with Gasteiger partial charge in [-0.3, -0.25) is 4.79 Å². The van der Waals surface area contributed by atoms with Crippen LogP contribution in [0, 0.1) is 5.92 Å². The lowest BCUT2D eigenvalue weighted by molar-refractivity contribution is -0.125. The second-order valence-corrected chi connectivity index (χ2v) is 5.21. The van der Waals surface area contributed by atoms with Gasteiger partial charge in [-0.25, -0.2) is 5.43 Å². The fourth-order valence-corrected chi connectivity index (χ4v) is 2.49. The number of amides is 1. The molecule has 1 saturated carbocycles. The van der Waals surface area contributed by atoms with Gasteiger partial charge in [0, 0.05) is 11.5 Å². The maximum atomic E-state index is 12.0. The molecule has 2 rings (SSSR count). The summed E-state index contributed by atoms with van der Waals surface area (Å²) >= 11 is 0. The summed E-state index contributed by atoms with van der Waals surface area (Å²) < 4.78 is 5.54. The van der Waals surface area contributed by atoms with E-state index in [9.17, 15) is 4.79 Å². The van der Waals surface area contributed by atoms with Crippen molar-refractivity contribution in [3.63, 3.8) is 0 Å². The SMILES string of the molecule is C=CCOc1ccccc1/C=N\NC(=O)C1CCCCC1. The van der Waals surface area contributed by atoms with E-state index in [-0.39, 0.29) is 11.8 Å². The standard InChI is InChI=1S/C17H22N2O2/c1-2-12-21-16-11-7-6-10-15(16)13-18-19-17(20)14-8-4-3-5-9-14/h2,6-7,10-11,13-14H,1,3-5,8-9,12H2,(H,19,20)/b18-13-. The van der Waals surface area contributed by atoms with Crippen LogP contribution in [0.3, 0.4) is 0 Å². The van der Waals surface area contributed by atoms with Gasteiger partial charge >= 0.3 is 0 Å². The molecule has 21 heavy (non-hydrogen) atoms. The molecule has 0 saturated heterocycles. The summed E-state index contributed by atoms with van der Waals surface area (Å²) in [5.74, 6) is 0.867. The monoisotopic (exact) mass is 286 g/mol. The topological polar surface area (TPSA) is 50.7 Å². The second kappa shape index (κ2) is 8.25. The summed E-state index contributed by atoms with van der Waals surface area (Å²) in [4.78, 5) is 12.0. The van der Waals surface area contributed by atoms with Crippen molar-refractivity contribution in [2.24, 2.45) is 11.0 Å². The van der Waals surface area contributed by atoms with Crippen molar-refractivity contribution in [1.29, 1.82) is 0 Å². The molecule has 0 spiro atoms. The van der Waals surface area contributed by atoms with E-state index in [0.717, 1.165) is 37.0 Å². The van der Waals surface area contributed by atoms with Crippen LogP contribution >= 0.6 is 0 Å². The van der Waals surface area contributed by atoms with Crippen molar-refractivity contribution in [3.8, 4) is 5.75 Å². The van der Waals surface area contributed by atoms with Gasteiger partial charge in [-0.05, 0) is 25.0 Å². The zero-order valence-electron chi connectivity index (χ0n) is 12.3. The van der Waals surface area contributed by atoms with E-state index in [1.807, 2.05) is 24.3 Å². The minimum absolute atomic E-state index is 0.0236. The highest BCUT2D eigenvalue weighted by Gasteiger charge is 2.20. The molecule has 0 heterocycles. The molecule has 1 amide bonds. The first-order valence-electron chi connectivity index (χ1n) is 7.47. The van der Waals surface area contributed by atoms with E-state index in [1.54, 1.807) is 12.3 Å². The average molecular weight is 286 g/mol. The molecule has 0 bridgehead atoms. The second-order valence-electron chi connectivity index (χ2n) is 5.21. The summed E-state index contributed by atoms with van der Waals surface area (Å²) in [7, 11) is 0. The van der Waals surface area contributed by atoms with Crippen LogP contribution in [0.5, 0.6) is 5.75 Å². The Labute approximate surface area is 125 Å². The van der Waals surface area contributed by atoms with Crippen LogP contribution in [-0.4, -0.2) is 18.7 Å². The summed E-state index contributed by atoms with van der Waals surface area (Å²) in [5.41, 5.74) is 3.48. The van der Waals surface area contributed by atoms with Crippen LogP contribution in [0.1, 0.15) is 37.7 Å². The van der Waals surface area contributed by atoms with Crippen LogP contribution in [0.2, 0.25) is 0 Å². The Kier molecular flexibility index (Phi) is 6.00. The number of carbonyl (C=O) groups excluding carboxylic acids is 1. The van der Waals surface area contributed by atoms with Crippen molar-refractivity contribution in [3.05, 3.63) is 42.5 Å². The number of nitrogens with one attached hydrogen (secondary N) is 1. The molecule has 1 N–H and O–H groups in total. The number of para-hydroxylation sites is 1. The number of ether oxygens (including phenoxy) is 1. The van der Waals surface area contributed by atoms with Crippen LogP contribution in [0.15, 0.2) is 42.0 Å². The molecule has 4 nitrogen and oxygen atoms in total. The maximum Gasteiger partial charge on any atom is 0.243 e. The van der Waals surface area contributed by atoms with Crippen LogP contribution in [0.25, 0.3) is 0 Å². The van der Waals surface area contributed by atoms with E-state index in [2.05, 4.69) is 17.1 Å². The van der Waals surface area contributed by atoms with Gasteiger partial charge in [0.05, 0.1) is 6.21 Å². The quantitative estimate of drug-likeness (QED) is 0.495. The van der Waals surface area contributed by atoms with Crippen LogP contribution in [0.4, 0.5) is 0 Å². The van der Waals surface area contributed by atoms with Gasteiger partial charge in [0.25, 0.3) is 0 Å². The molecule has 1 aromatic carbocycles. The lowest BCUT2D eigenvalue weighted by Gasteiger charge is -2.19. The van der Waals surface area contributed by atoms with Crippen molar-refractivity contribution >= 4 is 12.1 Å². The average Bonchev–Trinajstić information content (AvgIpc) is 2.54. The van der Waals surface area contributed by atoms with Crippen LogP contribution in [-0.2, 0) is 4.79 Å². The Morgan fingerprint density at radius 2 is 2.10 bits per heavy atom. The molecule has 0 radical (unpaired) electrons. The Morgan fingerprint density at radius 3 is 2.86 bits per heavy atom. The molecule has 0 aliphatic heterocycles. The van der Waals surface area contributed by atoms with Gasteiger partial charge in [-0.15, -0.1) is 0 Å². The molecule has 0 atom stereocenters. The van der Waals surface area contributed by atoms with Gasteiger partial charge in [-0.2, -0.15) is 5.10 Å². The predicted molar refractivity (Wildman–Crippen MR) is 84.4 cm³/mol. The lowest BCUT2D eigenvalue weighted by atomic mass is 9.89. The summed E-state index contributed by atoms with van der Waals surface area (Å²) in [6.45, 7) is 4.07. The third-order valence-electron chi connectivity index (χ3n) is 3.63. The minimum Gasteiger partial charge on any atom is -0.489 e. The number of rotatable bonds is 6. The first-order chi connectivity index (χ1) is 10.3. The highest BCUT2D eigenvalue weighted by Crippen LogP contribution is 2.23. The molecule has 0 aromatic heterocycles. The molecule has 112 valence electrons. The van der Waals surface area contributed by atoms with E-state index >= 15 is 0 Å². The molecule has 1 fully saturated rings. The molecule has 4 heteroatoms. The van der Waals surface area contributed by atoms with E-state index < -0.39 is 0 Å². The van der Waals surface area contributed by atoms with Crippen molar-refractivity contribution in [2.45, 2.75) is 32.1 Å². The number of hydrazone groups is 1. The third kappa shape index (κ3) is 4.74. The molecular weight excluding hydrogens is 264 g/mol. The van der Waals surface area contributed by atoms with E-state index in [1.165, 1.54) is 6.42 Å². The number of hydrogen-bond acceptors (Lipinski definition) is 3. The summed E-state index contributed by atoms with van der Waals surface area (Å²) in [6.07, 6.45) is 8.78. The Balaban J connectivity index is 1.91. The maximum absolute atomic E-state index is 12.0. The van der Waals surface area contributed by atoms with Gasteiger partial charge in [-0.1, -0.05) is 44.1 Å². The van der Waals surface area contributed by atoms with Crippen molar-refractivity contribution in [1.82, 2.24) is 5.43 Å². The van der Waals surface area contributed by atoms with Gasteiger partial charge < -0.3 is 4.74 Å². The molecular formula is C17H22N2O2. The number of benzene rings is 1. The van der Waals surface area contributed by atoms with Crippen LogP contribution < -0.4 is 10.2 Å². The molecule has 1 aliphatic carbocycles. The zero-order valence-corrected chi connectivity index (χ0v) is 12.3. The van der Waals surface area contributed by atoms with E-state index in [0.29, 0.717) is 6.61 Å². The summed E-state index contributed by atoms with van der Waals surface area (Å²) in [5, 5.41) is 4.06. The number of carbonyl (C=O) groups is 1. The van der Waals surface area contributed by atoms with Gasteiger partial charge in [0.2, 0.25) is 5.91 Å². The highest BCUT2D eigenvalue weighted by atomic mass is 16.5. The summed E-state index contributed by atoms with van der Waals surface area (Å²) in [6, 6.07) is 7.57. The third-order valence-corrected chi connectivity index (χ3v) is 3.63. The largest absolute Gasteiger partial charge is 0.489 e. The Hall–Kier alpha value is -2.10. The van der Waals surface area contributed by atoms with Gasteiger partial charge in [0.15, 0.2) is 0 Å². The predicted octanol–water partition coefficient (Wildman–Crippen LogP) is 3.28. The van der Waals surface area contributed by atoms with Crippen molar-refractivity contribution in [2.75, 3.05) is 6.61 Å². The fourth-order valence-electron chi connectivity index (χ4n) is 2.49. The van der Waals surface area contributed by atoms with Crippen molar-refractivity contribution < 1.29 is 9.53 Å². The lowest BCUT2D eigenvalue weighted by Crippen LogP contribution is -2.28. The molecule has 1 aliphatic rings. The Bertz CT molecular complexity index is 505. The first-order valence-corrected chi connectivity index (χ1v) is 7.47. The highest BCUT2D eigenvalue weighted by molar-refractivity contribution is 5.85. The first kappa shape index (κ1) is 15.3. The Morgan fingerprint density at radius 1 is 1.33 bits per heavy atom. The molecule has 0 unspecified atom stereocenters. The van der Waals surface area contributed by atoms with Gasteiger partial charge in [0.1, 0.15) is 12.4 Å². The number of nitrogens with zero attached hydrogens (tertiary/aromatic N) is 1. The fraction of sp³-hybridized carbons (Fsp3) is 0.412. The normalized spacial score (nSPS) is 15.8. The number of hydrogen-bond donors (Lipinski definition) is 1.